The van der Waals surface area contributed by atoms with Gasteiger partial charge in [-0.1, -0.05) is 6.07 Å². The fourth-order valence-electron chi connectivity index (χ4n) is 3.46. The number of hydrogen-bond donors (Lipinski definition) is 0. The second-order valence-corrected chi connectivity index (χ2v) is 7.01. The molecule has 2 aliphatic rings. The maximum Gasteiger partial charge on any atom is 0.309 e. The summed E-state index contributed by atoms with van der Waals surface area (Å²) in [6, 6.07) is 5.58. The Morgan fingerprint density at radius 2 is 1.93 bits per heavy atom. The smallest absolute Gasteiger partial charge is 0.309 e. The molecule has 0 radical (unpaired) electrons. The van der Waals surface area contributed by atoms with E-state index in [9.17, 15) is 14.0 Å². The van der Waals surface area contributed by atoms with E-state index in [4.69, 9.17) is 4.42 Å². The summed E-state index contributed by atoms with van der Waals surface area (Å²) < 4.78 is 19.0. The van der Waals surface area contributed by atoms with Crippen LogP contribution in [0.25, 0.3) is 0 Å². The van der Waals surface area contributed by atoms with Crippen LogP contribution in [0.3, 0.4) is 0 Å². The highest BCUT2D eigenvalue weighted by Crippen LogP contribution is 2.26. The fraction of sp³-hybridized carbons (Fsp3) is 0.421. The Morgan fingerprint density at radius 1 is 1.07 bits per heavy atom. The predicted octanol–water partition coefficient (Wildman–Crippen LogP) is 1.75. The monoisotopic (exact) mass is 372 g/mol. The number of amides is 2. The molecule has 7 nitrogen and oxygen atoms in total. The summed E-state index contributed by atoms with van der Waals surface area (Å²) in [5.74, 6) is -0.336. The fourth-order valence-corrected chi connectivity index (χ4v) is 3.46. The summed E-state index contributed by atoms with van der Waals surface area (Å²) in [6.07, 6.45) is 0.915. The van der Waals surface area contributed by atoms with Crippen molar-refractivity contribution in [1.82, 2.24) is 19.7 Å². The number of likely N-dealkylation sites (N-methyl/N-ethyl adjacent to an activating group) is 1. The van der Waals surface area contributed by atoms with Crippen molar-refractivity contribution in [3.8, 4) is 0 Å². The van der Waals surface area contributed by atoms with E-state index in [1.165, 1.54) is 23.1 Å². The minimum atomic E-state index is -0.453. The zero-order valence-corrected chi connectivity index (χ0v) is 15.2. The average molecular weight is 372 g/mol. The minimum absolute atomic E-state index is 0.0856. The lowest BCUT2D eigenvalue weighted by Crippen LogP contribution is -2.34. The maximum atomic E-state index is 13.3. The maximum absolute atomic E-state index is 13.3. The van der Waals surface area contributed by atoms with Crippen molar-refractivity contribution in [3.05, 3.63) is 53.0 Å². The van der Waals surface area contributed by atoms with Crippen LogP contribution in [-0.4, -0.2) is 64.7 Å². The molecule has 1 aromatic carbocycles. The Bertz CT molecular complexity index is 858. The highest BCUT2D eigenvalue weighted by molar-refractivity contribution is 5.94. The Morgan fingerprint density at radius 3 is 2.70 bits per heavy atom. The van der Waals surface area contributed by atoms with E-state index in [1.54, 1.807) is 11.0 Å². The van der Waals surface area contributed by atoms with Gasteiger partial charge in [-0.05, 0) is 38.2 Å². The molecule has 0 N–H and O–H groups in total. The van der Waals surface area contributed by atoms with Crippen molar-refractivity contribution in [2.45, 2.75) is 19.5 Å². The zero-order chi connectivity index (χ0) is 19.0. The third-order valence-electron chi connectivity index (χ3n) is 5.00. The number of rotatable bonds is 2. The van der Waals surface area contributed by atoms with Crippen molar-refractivity contribution in [3.63, 3.8) is 0 Å². The van der Waals surface area contributed by atoms with Crippen molar-refractivity contribution in [2.75, 3.05) is 33.2 Å². The van der Waals surface area contributed by atoms with E-state index in [0.29, 0.717) is 24.5 Å². The molecule has 0 atom stereocenters. The van der Waals surface area contributed by atoms with Gasteiger partial charge in [0.15, 0.2) is 0 Å². The lowest BCUT2D eigenvalue weighted by molar-refractivity contribution is 0.0709. The summed E-state index contributed by atoms with van der Waals surface area (Å²) in [5, 5.41) is 0. The molecule has 1 saturated heterocycles. The lowest BCUT2D eigenvalue weighted by Gasteiger charge is -2.19. The second-order valence-electron chi connectivity index (χ2n) is 7.01. The average Bonchev–Trinajstić information content (AvgIpc) is 3.15. The summed E-state index contributed by atoms with van der Waals surface area (Å²) in [6.45, 7) is 3.59. The van der Waals surface area contributed by atoms with Gasteiger partial charge in [-0.15, -0.1) is 0 Å². The molecule has 3 heterocycles. The van der Waals surface area contributed by atoms with Gasteiger partial charge in [0.25, 0.3) is 11.8 Å². The van der Waals surface area contributed by atoms with Crippen LogP contribution in [0.15, 0.2) is 28.7 Å². The molecule has 1 aromatic heterocycles. The number of aromatic nitrogens is 1. The molecule has 0 spiro atoms. The molecule has 0 aliphatic carbocycles. The third kappa shape index (κ3) is 3.57. The molecule has 2 aromatic rings. The van der Waals surface area contributed by atoms with Gasteiger partial charge in [-0.3, -0.25) is 9.59 Å². The molecular weight excluding hydrogens is 351 g/mol. The largest absolute Gasteiger partial charge is 0.435 e. The molecule has 0 bridgehead atoms. The van der Waals surface area contributed by atoms with Gasteiger partial charge in [0.05, 0.1) is 13.1 Å². The Balaban J connectivity index is 1.44. The molecule has 2 aliphatic heterocycles. The molecule has 2 amide bonds. The van der Waals surface area contributed by atoms with Crippen molar-refractivity contribution < 1.29 is 18.4 Å². The number of fused-ring (bicyclic) bond motifs is 1. The summed E-state index contributed by atoms with van der Waals surface area (Å²) in [4.78, 5) is 35.0. The number of carbonyl (C=O) groups excluding carboxylic acids is 2. The molecule has 142 valence electrons. The molecule has 1 fully saturated rings. The quantitative estimate of drug-likeness (QED) is 0.803. The first kappa shape index (κ1) is 17.7. The molecule has 27 heavy (non-hydrogen) atoms. The summed E-state index contributed by atoms with van der Waals surface area (Å²) in [5.41, 5.74) is 0.875. The standard InChI is InChI=1S/C19H21FN4O3/c1-22-6-3-7-23(9-8-22)19(26)17-21-15-11-24(12-16(15)27-17)18(25)13-4-2-5-14(20)10-13/h2,4-5,10H,3,6-9,11-12H2,1H3. The first-order valence-corrected chi connectivity index (χ1v) is 9.02. The summed E-state index contributed by atoms with van der Waals surface area (Å²) >= 11 is 0. The van der Waals surface area contributed by atoms with Gasteiger partial charge >= 0.3 is 5.91 Å². The Labute approximate surface area is 156 Å². The normalized spacial score (nSPS) is 17.7. The van der Waals surface area contributed by atoms with E-state index < -0.39 is 5.82 Å². The first-order valence-electron chi connectivity index (χ1n) is 9.02. The SMILES string of the molecule is CN1CCCN(C(=O)c2nc3c(o2)CN(C(=O)c2cccc(F)c2)C3)CC1. The van der Waals surface area contributed by atoms with Gasteiger partial charge < -0.3 is 19.1 Å². The molecule has 4 rings (SSSR count). The first-order chi connectivity index (χ1) is 13.0. The molecule has 0 saturated carbocycles. The highest BCUT2D eigenvalue weighted by Gasteiger charge is 2.32. The minimum Gasteiger partial charge on any atom is -0.435 e. The predicted molar refractivity (Wildman–Crippen MR) is 94.5 cm³/mol. The van der Waals surface area contributed by atoms with Crippen molar-refractivity contribution in [2.24, 2.45) is 0 Å². The molecular formula is C19H21FN4O3. The second kappa shape index (κ2) is 7.11. The highest BCUT2D eigenvalue weighted by atomic mass is 19.1. The van der Waals surface area contributed by atoms with Crippen LogP contribution in [0.5, 0.6) is 0 Å². The van der Waals surface area contributed by atoms with Gasteiger partial charge in [-0.2, -0.15) is 0 Å². The van der Waals surface area contributed by atoms with E-state index in [2.05, 4.69) is 9.88 Å². The third-order valence-corrected chi connectivity index (χ3v) is 5.00. The number of hydrogen-bond acceptors (Lipinski definition) is 5. The van der Waals surface area contributed by atoms with Crippen LogP contribution in [0.1, 0.15) is 38.9 Å². The van der Waals surface area contributed by atoms with Gasteiger partial charge in [0.2, 0.25) is 0 Å². The summed E-state index contributed by atoms with van der Waals surface area (Å²) in [7, 11) is 2.04. The van der Waals surface area contributed by atoms with Crippen molar-refractivity contribution >= 4 is 11.8 Å². The number of carbonyl (C=O) groups is 2. The van der Waals surface area contributed by atoms with Crippen LogP contribution in [-0.2, 0) is 13.1 Å². The van der Waals surface area contributed by atoms with E-state index in [-0.39, 0.29) is 36.4 Å². The topological polar surface area (TPSA) is 69.9 Å². The Kier molecular flexibility index (Phi) is 4.65. The zero-order valence-electron chi connectivity index (χ0n) is 15.2. The van der Waals surface area contributed by atoms with E-state index in [0.717, 1.165) is 19.5 Å². The van der Waals surface area contributed by atoms with Crippen LogP contribution in [0.2, 0.25) is 0 Å². The van der Waals surface area contributed by atoms with Crippen molar-refractivity contribution in [1.29, 1.82) is 0 Å². The number of oxazole rings is 1. The number of benzene rings is 1. The lowest BCUT2D eigenvalue weighted by atomic mass is 10.2. The van der Waals surface area contributed by atoms with Gasteiger partial charge in [0, 0.05) is 25.2 Å². The molecule has 0 unspecified atom stereocenters. The van der Waals surface area contributed by atoms with E-state index in [1.807, 2.05) is 7.05 Å². The van der Waals surface area contributed by atoms with E-state index >= 15 is 0 Å². The van der Waals surface area contributed by atoms with Gasteiger partial charge in [0.1, 0.15) is 17.3 Å². The van der Waals surface area contributed by atoms with Gasteiger partial charge in [-0.25, -0.2) is 9.37 Å². The molecule has 8 heteroatoms. The number of nitrogens with zero attached hydrogens (tertiary/aromatic N) is 4. The van der Waals surface area contributed by atoms with Crippen LogP contribution >= 0.6 is 0 Å². The van der Waals surface area contributed by atoms with Crippen LogP contribution in [0.4, 0.5) is 4.39 Å². The Hall–Kier alpha value is -2.74. The number of halogens is 1. The van der Waals surface area contributed by atoms with Crippen LogP contribution in [0, 0.1) is 5.82 Å². The van der Waals surface area contributed by atoms with Crippen LogP contribution < -0.4 is 0 Å².